The second kappa shape index (κ2) is 4.73. The molecule has 0 N–H and O–H groups in total. The molecule has 0 bridgehead atoms. The predicted molar refractivity (Wildman–Crippen MR) is 79.7 cm³/mol. The largest absolute Gasteiger partial charge is 0.407 e. The van der Waals surface area contributed by atoms with E-state index in [2.05, 4.69) is 78.3 Å². The van der Waals surface area contributed by atoms with Crippen LogP contribution in [0.15, 0.2) is 60.6 Å². The molecule has 2 aromatic carbocycles. The fourth-order valence-corrected chi connectivity index (χ4v) is 2.47. The van der Waals surface area contributed by atoms with Crippen LogP contribution < -0.4 is 4.81 Å². The summed E-state index contributed by atoms with van der Waals surface area (Å²) in [5.74, 6) is 2.27. The molecule has 18 heavy (non-hydrogen) atoms. The molecule has 0 atom stereocenters. The Bertz CT molecular complexity index is 562. The molecule has 1 aliphatic heterocycles. The van der Waals surface area contributed by atoms with E-state index in [9.17, 15) is 0 Å². The first-order valence-corrected chi connectivity index (χ1v) is 6.42. The molecule has 0 radical (unpaired) electrons. The zero-order valence-corrected chi connectivity index (χ0v) is 10.6. The summed E-state index contributed by atoms with van der Waals surface area (Å²) in [5, 5.41) is 0. The molecule has 3 rings (SSSR count). The van der Waals surface area contributed by atoms with Crippen LogP contribution in [0.3, 0.4) is 0 Å². The van der Waals surface area contributed by atoms with Gasteiger partial charge in [0, 0.05) is 12.2 Å². The van der Waals surface area contributed by atoms with Crippen molar-refractivity contribution in [2.45, 2.75) is 13.4 Å². The van der Waals surface area contributed by atoms with Crippen LogP contribution in [-0.4, -0.2) is 6.85 Å². The first kappa shape index (κ1) is 11.2. The number of hydrogen-bond donors (Lipinski definition) is 0. The Labute approximate surface area is 109 Å². The lowest BCUT2D eigenvalue weighted by Crippen LogP contribution is -2.37. The van der Waals surface area contributed by atoms with Crippen molar-refractivity contribution in [1.82, 2.24) is 0 Å². The molecule has 2 aromatic rings. The van der Waals surface area contributed by atoms with Crippen molar-refractivity contribution in [3.05, 3.63) is 71.7 Å². The van der Waals surface area contributed by atoms with Gasteiger partial charge in [-0.1, -0.05) is 67.4 Å². The molecule has 0 aromatic heterocycles. The molecule has 0 amide bonds. The quantitative estimate of drug-likeness (QED) is 0.711. The Hall–Kier alpha value is -1.96. The lowest BCUT2D eigenvalue weighted by atomic mass is 9.60. The van der Waals surface area contributed by atoms with Gasteiger partial charge in [-0.15, -0.1) is 0 Å². The second-order valence-corrected chi connectivity index (χ2v) is 4.77. The molecule has 0 saturated heterocycles. The van der Waals surface area contributed by atoms with Crippen LogP contribution >= 0.6 is 0 Å². The summed E-state index contributed by atoms with van der Waals surface area (Å²) in [6, 6.07) is 19.2. The topological polar surface area (TPSA) is 3.24 Å². The smallest absolute Gasteiger partial charge is 0.278 e. The second-order valence-electron chi connectivity index (χ2n) is 4.77. The summed E-state index contributed by atoms with van der Waals surface area (Å²) in [4.78, 5) is 2.45. The van der Waals surface area contributed by atoms with Crippen LogP contribution in [0, 0.1) is 0 Å². The van der Waals surface area contributed by atoms with Gasteiger partial charge in [0.2, 0.25) is 0 Å². The van der Waals surface area contributed by atoms with Crippen molar-refractivity contribution in [3.63, 3.8) is 0 Å². The minimum atomic E-state index is 0.445. The van der Waals surface area contributed by atoms with E-state index < -0.39 is 0 Å². The molecule has 1 nitrogen and oxygen atoms in total. The van der Waals surface area contributed by atoms with Crippen molar-refractivity contribution in [3.8, 4) is 0 Å². The Morgan fingerprint density at radius 2 is 1.67 bits per heavy atom. The van der Waals surface area contributed by atoms with E-state index in [0.29, 0.717) is 6.85 Å². The highest BCUT2D eigenvalue weighted by atomic mass is 15.1. The van der Waals surface area contributed by atoms with Gasteiger partial charge in [0.1, 0.15) is 0 Å². The molecule has 0 unspecified atom stereocenters. The van der Waals surface area contributed by atoms with Gasteiger partial charge in [-0.05, 0) is 17.2 Å². The highest BCUT2D eigenvalue weighted by Gasteiger charge is 2.21. The van der Waals surface area contributed by atoms with Crippen molar-refractivity contribution >= 4 is 18.6 Å². The van der Waals surface area contributed by atoms with E-state index >= 15 is 0 Å². The first-order valence-electron chi connectivity index (χ1n) is 6.42. The van der Waals surface area contributed by atoms with Gasteiger partial charge in [-0.25, -0.2) is 0 Å². The van der Waals surface area contributed by atoms with E-state index in [1.165, 1.54) is 16.8 Å². The maximum Gasteiger partial charge on any atom is 0.278 e. The van der Waals surface area contributed by atoms with Crippen LogP contribution in [-0.2, 0) is 6.54 Å². The van der Waals surface area contributed by atoms with E-state index in [1.54, 1.807) is 0 Å². The third-order valence-electron chi connectivity index (χ3n) is 3.49. The number of rotatable bonds is 2. The summed E-state index contributed by atoms with van der Waals surface area (Å²) >= 11 is 0. The minimum Gasteiger partial charge on any atom is -0.407 e. The number of para-hydroxylation sites is 1. The molecule has 0 fully saturated rings. The summed E-state index contributed by atoms with van der Waals surface area (Å²) in [6.45, 7) is 3.65. The first-order chi connectivity index (χ1) is 8.84. The number of anilines is 1. The van der Waals surface area contributed by atoms with Crippen LogP contribution in [0.1, 0.15) is 11.1 Å². The standard InChI is InChI=1S/C16H16BN/c1-17-12-11-15-9-5-6-10-16(15)18(17)13-14-7-3-2-4-8-14/h2-12H,13H2,1H3. The SMILES string of the molecule is CB1C=Cc2ccccc2N1Cc1ccccc1. The van der Waals surface area contributed by atoms with Crippen molar-refractivity contribution < 1.29 is 0 Å². The number of benzene rings is 2. The average Bonchev–Trinajstić information content (AvgIpc) is 2.43. The monoisotopic (exact) mass is 233 g/mol. The Morgan fingerprint density at radius 1 is 0.944 bits per heavy atom. The van der Waals surface area contributed by atoms with Gasteiger partial charge in [0.25, 0.3) is 6.85 Å². The zero-order valence-electron chi connectivity index (χ0n) is 10.6. The van der Waals surface area contributed by atoms with Crippen molar-refractivity contribution in [1.29, 1.82) is 0 Å². The van der Waals surface area contributed by atoms with E-state index in [0.717, 1.165) is 6.54 Å². The molecule has 1 aliphatic rings. The number of nitrogens with zero attached hydrogens (tertiary/aromatic N) is 1. The van der Waals surface area contributed by atoms with Gasteiger partial charge in [-0.2, -0.15) is 0 Å². The lowest BCUT2D eigenvalue weighted by Gasteiger charge is -2.32. The summed E-state index contributed by atoms with van der Waals surface area (Å²) in [5.41, 5.74) is 4.00. The number of fused-ring (bicyclic) bond motifs is 1. The third-order valence-corrected chi connectivity index (χ3v) is 3.49. The molecule has 88 valence electrons. The average molecular weight is 233 g/mol. The normalized spacial score (nSPS) is 13.6. The summed E-state index contributed by atoms with van der Waals surface area (Å²) in [6.07, 6.45) is 2.22. The summed E-state index contributed by atoms with van der Waals surface area (Å²) < 4.78 is 0. The summed E-state index contributed by atoms with van der Waals surface area (Å²) in [7, 11) is 0. The zero-order chi connectivity index (χ0) is 12.4. The number of hydrogen-bond acceptors (Lipinski definition) is 1. The minimum absolute atomic E-state index is 0.445. The highest BCUT2D eigenvalue weighted by Crippen LogP contribution is 2.28. The van der Waals surface area contributed by atoms with Gasteiger partial charge in [0.15, 0.2) is 0 Å². The third kappa shape index (κ3) is 2.06. The predicted octanol–water partition coefficient (Wildman–Crippen LogP) is 3.88. The van der Waals surface area contributed by atoms with E-state index in [-0.39, 0.29) is 0 Å². The Balaban J connectivity index is 1.94. The van der Waals surface area contributed by atoms with Gasteiger partial charge >= 0.3 is 0 Å². The molecule has 0 saturated carbocycles. The van der Waals surface area contributed by atoms with E-state index in [4.69, 9.17) is 0 Å². The maximum absolute atomic E-state index is 2.45. The lowest BCUT2D eigenvalue weighted by molar-refractivity contribution is 1.02. The van der Waals surface area contributed by atoms with Gasteiger partial charge in [-0.3, -0.25) is 0 Å². The van der Waals surface area contributed by atoms with Gasteiger partial charge in [0.05, 0.1) is 0 Å². The highest BCUT2D eigenvalue weighted by molar-refractivity contribution is 6.68. The van der Waals surface area contributed by atoms with Crippen LogP contribution in [0.25, 0.3) is 6.08 Å². The molecule has 1 heterocycles. The van der Waals surface area contributed by atoms with E-state index in [1.807, 2.05) is 0 Å². The van der Waals surface area contributed by atoms with Crippen LogP contribution in [0.2, 0.25) is 6.82 Å². The fourth-order valence-electron chi connectivity index (χ4n) is 2.47. The molecule has 2 heteroatoms. The Morgan fingerprint density at radius 3 is 2.50 bits per heavy atom. The Kier molecular flexibility index (Phi) is 2.93. The van der Waals surface area contributed by atoms with Crippen molar-refractivity contribution in [2.24, 2.45) is 0 Å². The molecule has 0 spiro atoms. The van der Waals surface area contributed by atoms with Crippen molar-refractivity contribution in [2.75, 3.05) is 4.81 Å². The van der Waals surface area contributed by atoms with Crippen LogP contribution in [0.4, 0.5) is 5.69 Å². The fraction of sp³-hybridized carbons (Fsp3) is 0.125. The van der Waals surface area contributed by atoms with Crippen LogP contribution in [0.5, 0.6) is 0 Å². The van der Waals surface area contributed by atoms with Gasteiger partial charge < -0.3 is 4.81 Å². The molecular weight excluding hydrogens is 217 g/mol. The maximum atomic E-state index is 2.45. The molecular formula is C16H16BN. The molecule has 0 aliphatic carbocycles.